The molecule has 0 radical (unpaired) electrons. The van der Waals surface area contributed by atoms with E-state index in [2.05, 4.69) is 6.92 Å². The standard InChI is InChI=1S/C25H48O5/c1-3-4-5-6-7-8-9-10-11-12-13-14-15-16-17-18-19-28-21-23-22-29-25(2,30-23)20-24(26)27/h23H,3-22H2,1-2H3,(H,26,27). The van der Waals surface area contributed by atoms with Gasteiger partial charge in [-0.15, -0.1) is 0 Å². The fraction of sp³-hybridized carbons (Fsp3) is 0.960. The normalized spacial score (nSPS) is 21.3. The maximum Gasteiger partial charge on any atom is 0.308 e. The van der Waals surface area contributed by atoms with Crippen molar-refractivity contribution in [3.8, 4) is 0 Å². The molecule has 5 heteroatoms. The third-order valence-corrected chi connectivity index (χ3v) is 5.91. The summed E-state index contributed by atoms with van der Waals surface area (Å²) in [6, 6.07) is 0. The highest BCUT2D eigenvalue weighted by Crippen LogP contribution is 2.26. The number of hydrogen-bond donors (Lipinski definition) is 1. The Bertz CT molecular complexity index is 414. The fourth-order valence-corrected chi connectivity index (χ4v) is 4.11. The smallest absolute Gasteiger partial charge is 0.308 e. The molecule has 30 heavy (non-hydrogen) atoms. The highest BCUT2D eigenvalue weighted by atomic mass is 16.7. The Kier molecular flexibility index (Phi) is 16.4. The number of rotatable bonds is 21. The molecule has 2 atom stereocenters. The van der Waals surface area contributed by atoms with Crippen LogP contribution in [0.3, 0.4) is 0 Å². The van der Waals surface area contributed by atoms with Gasteiger partial charge in [-0.2, -0.15) is 0 Å². The van der Waals surface area contributed by atoms with Gasteiger partial charge in [0.25, 0.3) is 0 Å². The van der Waals surface area contributed by atoms with Crippen molar-refractivity contribution in [3.05, 3.63) is 0 Å². The number of aliphatic carboxylic acids is 1. The Labute approximate surface area is 185 Å². The van der Waals surface area contributed by atoms with E-state index in [4.69, 9.17) is 19.3 Å². The molecule has 0 saturated carbocycles. The first-order valence-corrected chi connectivity index (χ1v) is 12.7. The van der Waals surface area contributed by atoms with Gasteiger partial charge in [0.1, 0.15) is 6.10 Å². The van der Waals surface area contributed by atoms with E-state index in [9.17, 15) is 4.79 Å². The molecule has 1 fully saturated rings. The van der Waals surface area contributed by atoms with E-state index < -0.39 is 11.8 Å². The summed E-state index contributed by atoms with van der Waals surface area (Å²) in [6.07, 6.45) is 21.6. The monoisotopic (exact) mass is 428 g/mol. The molecule has 2 unspecified atom stereocenters. The van der Waals surface area contributed by atoms with Crippen molar-refractivity contribution in [2.45, 2.75) is 135 Å². The van der Waals surface area contributed by atoms with Crippen LogP contribution in [0.2, 0.25) is 0 Å². The molecule has 0 aromatic heterocycles. The first-order chi connectivity index (χ1) is 14.6. The third-order valence-electron chi connectivity index (χ3n) is 5.91. The van der Waals surface area contributed by atoms with Crippen LogP contribution in [0.25, 0.3) is 0 Å². The molecule has 1 heterocycles. The van der Waals surface area contributed by atoms with Crippen molar-refractivity contribution in [2.24, 2.45) is 0 Å². The first kappa shape index (κ1) is 27.4. The molecule has 1 rings (SSSR count). The second kappa shape index (κ2) is 18.0. The van der Waals surface area contributed by atoms with Crippen LogP contribution in [0.1, 0.15) is 123 Å². The Balaban J connectivity index is 1.76. The van der Waals surface area contributed by atoms with Crippen molar-refractivity contribution >= 4 is 5.97 Å². The van der Waals surface area contributed by atoms with Crippen molar-refractivity contribution in [3.63, 3.8) is 0 Å². The summed E-state index contributed by atoms with van der Waals surface area (Å²) in [5.41, 5.74) is 0. The summed E-state index contributed by atoms with van der Waals surface area (Å²) < 4.78 is 16.8. The molecular weight excluding hydrogens is 380 g/mol. The SMILES string of the molecule is CCCCCCCCCCCCCCCCCCOCC1COC(C)(CC(=O)O)O1. The molecule has 0 bridgehead atoms. The molecule has 178 valence electrons. The molecule has 0 amide bonds. The summed E-state index contributed by atoms with van der Waals surface area (Å²) >= 11 is 0. The lowest BCUT2D eigenvalue weighted by atomic mass is 10.0. The largest absolute Gasteiger partial charge is 0.481 e. The summed E-state index contributed by atoms with van der Waals surface area (Å²) in [5.74, 6) is -1.92. The molecule has 0 aromatic rings. The first-order valence-electron chi connectivity index (χ1n) is 12.7. The van der Waals surface area contributed by atoms with Crippen LogP contribution in [-0.2, 0) is 19.0 Å². The predicted molar refractivity (Wildman–Crippen MR) is 122 cm³/mol. The quantitative estimate of drug-likeness (QED) is 0.202. The second-order valence-corrected chi connectivity index (χ2v) is 9.13. The zero-order chi connectivity index (χ0) is 21.9. The van der Waals surface area contributed by atoms with Crippen LogP contribution >= 0.6 is 0 Å². The van der Waals surface area contributed by atoms with Crippen molar-refractivity contribution in [1.82, 2.24) is 0 Å². The minimum absolute atomic E-state index is 0.136. The minimum atomic E-state index is -1.01. The Hall–Kier alpha value is -0.650. The van der Waals surface area contributed by atoms with Crippen molar-refractivity contribution in [2.75, 3.05) is 19.8 Å². The van der Waals surface area contributed by atoms with Gasteiger partial charge >= 0.3 is 5.97 Å². The molecule has 5 nitrogen and oxygen atoms in total. The van der Waals surface area contributed by atoms with E-state index in [0.29, 0.717) is 13.2 Å². The Morgan fingerprint density at radius 1 is 0.867 bits per heavy atom. The zero-order valence-corrected chi connectivity index (χ0v) is 19.8. The number of carboxylic acids is 1. The van der Waals surface area contributed by atoms with Gasteiger partial charge in [-0.25, -0.2) is 0 Å². The fourth-order valence-electron chi connectivity index (χ4n) is 4.11. The lowest BCUT2D eigenvalue weighted by molar-refractivity contribution is -0.179. The van der Waals surface area contributed by atoms with Gasteiger partial charge in [0.2, 0.25) is 0 Å². The second-order valence-electron chi connectivity index (χ2n) is 9.13. The summed E-state index contributed by atoms with van der Waals surface area (Å²) in [5, 5.41) is 8.87. The Morgan fingerprint density at radius 2 is 1.33 bits per heavy atom. The van der Waals surface area contributed by atoms with E-state index in [-0.39, 0.29) is 12.5 Å². The number of unbranched alkanes of at least 4 members (excludes halogenated alkanes) is 15. The van der Waals surface area contributed by atoms with E-state index in [0.717, 1.165) is 13.0 Å². The summed E-state index contributed by atoms with van der Waals surface area (Å²) in [7, 11) is 0. The van der Waals surface area contributed by atoms with Gasteiger partial charge in [-0.1, -0.05) is 103 Å². The molecule has 1 aliphatic heterocycles. The van der Waals surface area contributed by atoms with E-state index in [1.165, 1.54) is 96.3 Å². The average Bonchev–Trinajstić information content (AvgIpc) is 3.06. The highest BCUT2D eigenvalue weighted by molar-refractivity contribution is 5.67. The van der Waals surface area contributed by atoms with Gasteiger partial charge in [-0.3, -0.25) is 4.79 Å². The van der Waals surface area contributed by atoms with E-state index in [1.54, 1.807) is 6.92 Å². The van der Waals surface area contributed by atoms with Crippen LogP contribution in [-0.4, -0.2) is 42.8 Å². The average molecular weight is 429 g/mol. The van der Waals surface area contributed by atoms with E-state index >= 15 is 0 Å². The van der Waals surface area contributed by atoms with Crippen LogP contribution < -0.4 is 0 Å². The third kappa shape index (κ3) is 15.2. The highest BCUT2D eigenvalue weighted by Gasteiger charge is 2.39. The van der Waals surface area contributed by atoms with Gasteiger partial charge < -0.3 is 19.3 Å². The lowest BCUT2D eigenvalue weighted by Gasteiger charge is -2.20. The number of ether oxygens (including phenoxy) is 3. The molecule has 1 N–H and O–H groups in total. The van der Waals surface area contributed by atoms with Gasteiger partial charge in [-0.05, 0) is 13.3 Å². The maximum atomic E-state index is 10.8. The molecule has 1 aliphatic rings. The van der Waals surface area contributed by atoms with Gasteiger partial charge in [0, 0.05) is 6.61 Å². The van der Waals surface area contributed by atoms with Gasteiger partial charge in [0.15, 0.2) is 5.79 Å². The predicted octanol–water partition coefficient (Wildman–Crippen LogP) is 6.87. The zero-order valence-electron chi connectivity index (χ0n) is 19.8. The Morgan fingerprint density at radius 3 is 1.80 bits per heavy atom. The molecular formula is C25H48O5. The van der Waals surface area contributed by atoms with Crippen molar-refractivity contribution in [1.29, 1.82) is 0 Å². The van der Waals surface area contributed by atoms with Crippen LogP contribution in [0.4, 0.5) is 0 Å². The molecule has 1 saturated heterocycles. The van der Waals surface area contributed by atoms with Crippen LogP contribution in [0.5, 0.6) is 0 Å². The maximum absolute atomic E-state index is 10.8. The molecule has 0 spiro atoms. The minimum Gasteiger partial charge on any atom is -0.481 e. The molecule has 0 aromatic carbocycles. The summed E-state index contributed by atoms with van der Waals surface area (Å²) in [4.78, 5) is 10.8. The number of hydrogen-bond acceptors (Lipinski definition) is 4. The molecule has 0 aliphatic carbocycles. The lowest BCUT2D eigenvalue weighted by Crippen LogP contribution is -2.30. The van der Waals surface area contributed by atoms with E-state index in [1.807, 2.05) is 0 Å². The van der Waals surface area contributed by atoms with Crippen molar-refractivity contribution < 1.29 is 24.1 Å². The summed E-state index contributed by atoms with van der Waals surface area (Å²) in [6.45, 7) is 5.59. The number of carbonyl (C=O) groups is 1. The van der Waals surface area contributed by atoms with Crippen LogP contribution in [0.15, 0.2) is 0 Å². The van der Waals surface area contributed by atoms with Crippen LogP contribution in [0, 0.1) is 0 Å². The number of carboxylic acid groups (broad SMARTS) is 1. The van der Waals surface area contributed by atoms with Gasteiger partial charge in [0.05, 0.1) is 19.6 Å². The topological polar surface area (TPSA) is 65.0 Å².